The fourth-order valence-corrected chi connectivity index (χ4v) is 4.95. The number of carbonyl (C=O) groups is 1. The van der Waals surface area contributed by atoms with Crippen molar-refractivity contribution < 1.29 is 35.9 Å². The minimum atomic E-state index is -4.60. The van der Waals surface area contributed by atoms with Crippen LogP contribution >= 0.6 is 0 Å². The predicted octanol–water partition coefficient (Wildman–Crippen LogP) is 4.87. The number of carbonyl (C=O) groups excluding carboxylic acids is 1. The van der Waals surface area contributed by atoms with Gasteiger partial charge in [-0.05, 0) is 55.0 Å². The molecule has 0 atom stereocenters. The number of halogens is 3. The van der Waals surface area contributed by atoms with E-state index in [1.165, 1.54) is 44.6 Å². The molecule has 35 heavy (non-hydrogen) atoms. The van der Waals surface area contributed by atoms with Crippen LogP contribution < -0.4 is 19.1 Å². The van der Waals surface area contributed by atoms with Crippen LogP contribution in [0.25, 0.3) is 0 Å². The summed E-state index contributed by atoms with van der Waals surface area (Å²) in [7, 11) is -1.63. The second-order valence-electron chi connectivity index (χ2n) is 7.49. The van der Waals surface area contributed by atoms with Crippen LogP contribution in [0.1, 0.15) is 11.1 Å². The van der Waals surface area contributed by atoms with Gasteiger partial charge in [-0.2, -0.15) is 13.2 Å². The number of nitrogens with zero attached hydrogens (tertiary/aromatic N) is 1. The van der Waals surface area contributed by atoms with Crippen LogP contribution in [0.5, 0.6) is 11.5 Å². The van der Waals surface area contributed by atoms with Gasteiger partial charge in [0.1, 0.15) is 22.9 Å². The lowest BCUT2D eigenvalue weighted by atomic mass is 10.2. The van der Waals surface area contributed by atoms with E-state index in [2.05, 4.69) is 5.32 Å². The molecule has 0 bridgehead atoms. The topological polar surface area (TPSA) is 84.9 Å². The summed E-state index contributed by atoms with van der Waals surface area (Å²) in [6.45, 7) is 0.984. The van der Waals surface area contributed by atoms with E-state index in [0.29, 0.717) is 11.3 Å². The molecule has 3 aromatic carbocycles. The fraction of sp³-hybridized carbons (Fsp3) is 0.208. The number of aryl methyl sites for hydroxylation is 1. The van der Waals surface area contributed by atoms with Crippen LogP contribution in [0.2, 0.25) is 0 Å². The molecule has 1 N–H and O–H groups in total. The van der Waals surface area contributed by atoms with Gasteiger partial charge < -0.3 is 14.8 Å². The molecule has 1 amide bonds. The first-order valence-electron chi connectivity index (χ1n) is 10.2. The van der Waals surface area contributed by atoms with Gasteiger partial charge in [-0.15, -0.1) is 0 Å². The molecule has 0 aliphatic heterocycles. The number of ether oxygens (including phenoxy) is 2. The Morgan fingerprint density at radius 3 is 2.34 bits per heavy atom. The van der Waals surface area contributed by atoms with E-state index in [0.717, 1.165) is 22.5 Å². The summed E-state index contributed by atoms with van der Waals surface area (Å²) in [5, 5.41) is 2.34. The first-order chi connectivity index (χ1) is 16.5. The number of anilines is 2. The molecule has 0 saturated carbocycles. The normalized spacial score (nSPS) is 11.6. The average Bonchev–Trinajstić information content (AvgIpc) is 2.82. The van der Waals surface area contributed by atoms with Crippen molar-refractivity contribution in [3.63, 3.8) is 0 Å². The molecule has 0 unspecified atom stereocenters. The lowest BCUT2D eigenvalue weighted by Gasteiger charge is -2.25. The highest BCUT2D eigenvalue weighted by molar-refractivity contribution is 7.93. The van der Waals surface area contributed by atoms with Crippen LogP contribution in [0, 0.1) is 6.92 Å². The Kier molecular flexibility index (Phi) is 7.59. The van der Waals surface area contributed by atoms with Gasteiger partial charge in [0.05, 0.1) is 25.5 Å². The molecule has 186 valence electrons. The third-order valence-electron chi connectivity index (χ3n) is 4.99. The maximum atomic E-state index is 13.7. The van der Waals surface area contributed by atoms with Crippen molar-refractivity contribution in [1.29, 1.82) is 0 Å². The SMILES string of the molecule is COc1cccc(N(CC(=O)Nc2cccc(C(F)(F)F)c2)S(=O)(=O)c2cc(C)ccc2OC)c1. The van der Waals surface area contributed by atoms with Crippen molar-refractivity contribution >= 4 is 27.3 Å². The highest BCUT2D eigenvalue weighted by Crippen LogP contribution is 2.33. The van der Waals surface area contributed by atoms with Gasteiger partial charge in [-0.3, -0.25) is 9.10 Å². The molecule has 0 aliphatic carbocycles. The molecule has 0 radical (unpaired) electrons. The maximum absolute atomic E-state index is 13.7. The first-order valence-corrected chi connectivity index (χ1v) is 11.7. The Labute approximate surface area is 201 Å². The Balaban J connectivity index is 2.02. The molecule has 0 aromatic heterocycles. The van der Waals surface area contributed by atoms with E-state index in [9.17, 15) is 26.4 Å². The van der Waals surface area contributed by atoms with Crippen LogP contribution in [0.15, 0.2) is 71.6 Å². The largest absolute Gasteiger partial charge is 0.497 e. The number of benzene rings is 3. The van der Waals surface area contributed by atoms with Gasteiger partial charge in [0.15, 0.2) is 0 Å². The van der Waals surface area contributed by atoms with Gasteiger partial charge in [-0.1, -0.05) is 18.2 Å². The summed E-state index contributed by atoms with van der Waals surface area (Å²) in [5.41, 5.74) is -0.312. The van der Waals surface area contributed by atoms with E-state index < -0.39 is 34.2 Å². The second-order valence-corrected chi connectivity index (χ2v) is 9.32. The zero-order chi connectivity index (χ0) is 25.8. The number of nitrogens with one attached hydrogen (secondary N) is 1. The summed E-state index contributed by atoms with van der Waals surface area (Å²) in [6.07, 6.45) is -4.60. The quantitative estimate of drug-likeness (QED) is 0.470. The van der Waals surface area contributed by atoms with Crippen LogP contribution in [-0.4, -0.2) is 35.1 Å². The molecule has 0 spiro atoms. The number of methoxy groups -OCH3 is 2. The number of amides is 1. The number of hydrogen-bond donors (Lipinski definition) is 1. The monoisotopic (exact) mass is 508 g/mol. The van der Waals surface area contributed by atoms with E-state index in [4.69, 9.17) is 9.47 Å². The first kappa shape index (κ1) is 25.9. The van der Waals surface area contributed by atoms with Crippen molar-refractivity contribution in [1.82, 2.24) is 0 Å². The lowest BCUT2D eigenvalue weighted by Crippen LogP contribution is -2.38. The van der Waals surface area contributed by atoms with Gasteiger partial charge in [0, 0.05) is 11.8 Å². The Morgan fingerprint density at radius 2 is 1.69 bits per heavy atom. The maximum Gasteiger partial charge on any atom is 0.416 e. The highest BCUT2D eigenvalue weighted by atomic mass is 32.2. The van der Waals surface area contributed by atoms with E-state index >= 15 is 0 Å². The smallest absolute Gasteiger partial charge is 0.416 e. The second kappa shape index (κ2) is 10.3. The summed E-state index contributed by atoms with van der Waals surface area (Å²) < 4.78 is 77.8. The molecule has 0 fully saturated rings. The molecular formula is C24H23F3N2O5S. The molecular weight excluding hydrogens is 485 g/mol. The molecule has 0 heterocycles. The summed E-state index contributed by atoms with van der Waals surface area (Å²) in [5.74, 6) is -0.429. The van der Waals surface area contributed by atoms with Gasteiger partial charge in [0.2, 0.25) is 5.91 Å². The van der Waals surface area contributed by atoms with Crippen molar-refractivity contribution in [3.8, 4) is 11.5 Å². The molecule has 3 aromatic rings. The Bertz CT molecular complexity index is 1330. The standard InChI is InChI=1S/C24H23F3N2O5S/c1-16-10-11-21(34-3)22(12-16)35(31,32)29(19-8-5-9-20(14-19)33-2)15-23(30)28-18-7-4-6-17(13-18)24(25,26)27/h4-14H,15H2,1-3H3,(H,28,30). The number of sulfonamides is 1. The van der Waals surface area contributed by atoms with Crippen LogP contribution in [0.3, 0.4) is 0 Å². The van der Waals surface area contributed by atoms with Gasteiger partial charge in [-0.25, -0.2) is 8.42 Å². The Hall–Kier alpha value is -3.73. The van der Waals surface area contributed by atoms with Crippen molar-refractivity contribution in [2.75, 3.05) is 30.4 Å². The molecule has 7 nitrogen and oxygen atoms in total. The minimum absolute atomic E-state index is 0.0711. The van der Waals surface area contributed by atoms with E-state index in [1.54, 1.807) is 25.1 Å². The predicted molar refractivity (Wildman–Crippen MR) is 125 cm³/mol. The summed E-state index contributed by atoms with van der Waals surface area (Å²) in [6, 6.07) is 14.7. The van der Waals surface area contributed by atoms with E-state index in [-0.39, 0.29) is 22.0 Å². The van der Waals surface area contributed by atoms with E-state index in [1.807, 2.05) is 0 Å². The summed E-state index contributed by atoms with van der Waals surface area (Å²) >= 11 is 0. The van der Waals surface area contributed by atoms with Crippen LogP contribution in [0.4, 0.5) is 24.5 Å². The van der Waals surface area contributed by atoms with Crippen molar-refractivity contribution in [2.24, 2.45) is 0 Å². The minimum Gasteiger partial charge on any atom is -0.497 e. The molecule has 3 rings (SSSR count). The molecule has 0 aliphatic rings. The van der Waals surface area contributed by atoms with Crippen molar-refractivity contribution in [2.45, 2.75) is 18.0 Å². The number of hydrogen-bond acceptors (Lipinski definition) is 5. The van der Waals surface area contributed by atoms with Crippen LogP contribution in [-0.2, 0) is 21.0 Å². The zero-order valence-electron chi connectivity index (χ0n) is 19.1. The van der Waals surface area contributed by atoms with Crippen molar-refractivity contribution in [3.05, 3.63) is 77.9 Å². The lowest BCUT2D eigenvalue weighted by molar-refractivity contribution is -0.137. The third kappa shape index (κ3) is 6.04. The summed E-state index contributed by atoms with van der Waals surface area (Å²) in [4.78, 5) is 12.7. The zero-order valence-corrected chi connectivity index (χ0v) is 19.9. The van der Waals surface area contributed by atoms with Gasteiger partial charge in [0.25, 0.3) is 10.0 Å². The Morgan fingerprint density at radius 1 is 0.971 bits per heavy atom. The third-order valence-corrected chi connectivity index (χ3v) is 6.78. The molecule has 0 saturated heterocycles. The van der Waals surface area contributed by atoms with Gasteiger partial charge >= 0.3 is 6.18 Å². The highest BCUT2D eigenvalue weighted by Gasteiger charge is 2.32. The number of alkyl halides is 3. The number of rotatable bonds is 8. The molecule has 11 heteroatoms. The fourth-order valence-electron chi connectivity index (χ4n) is 3.29. The average molecular weight is 509 g/mol.